The van der Waals surface area contributed by atoms with Crippen molar-refractivity contribution in [2.75, 3.05) is 19.0 Å². The van der Waals surface area contributed by atoms with Crippen molar-refractivity contribution in [1.82, 2.24) is 5.32 Å². The highest BCUT2D eigenvalue weighted by atomic mass is 32.2. The molecule has 0 spiro atoms. The summed E-state index contributed by atoms with van der Waals surface area (Å²) >= 11 is 0. The minimum absolute atomic E-state index is 0.0491. The van der Waals surface area contributed by atoms with Crippen LogP contribution in [0.5, 0.6) is 0 Å². The first-order valence-electron chi connectivity index (χ1n) is 6.78. The maximum absolute atomic E-state index is 12.1. The summed E-state index contributed by atoms with van der Waals surface area (Å²) in [5.74, 6) is -1.57. The van der Waals surface area contributed by atoms with Crippen LogP contribution in [0.1, 0.15) is 5.56 Å². The summed E-state index contributed by atoms with van der Waals surface area (Å²) < 4.78 is 29.0. The Morgan fingerprint density at radius 3 is 2.64 bits per heavy atom. The van der Waals surface area contributed by atoms with E-state index in [1.54, 1.807) is 30.3 Å². The topological polar surface area (TPSA) is 116 Å². The maximum atomic E-state index is 12.1. The Morgan fingerprint density at radius 1 is 1.36 bits per heavy atom. The van der Waals surface area contributed by atoms with E-state index < -0.39 is 33.6 Å². The maximum Gasteiger partial charge on any atom is 0.238 e. The second kappa shape index (κ2) is 6.99. The van der Waals surface area contributed by atoms with E-state index in [2.05, 4.69) is 5.32 Å². The van der Waals surface area contributed by atoms with Crippen LogP contribution in [0.15, 0.2) is 30.3 Å². The van der Waals surface area contributed by atoms with Crippen LogP contribution in [0.2, 0.25) is 0 Å². The van der Waals surface area contributed by atoms with Gasteiger partial charge in [-0.05, 0) is 5.56 Å². The molecule has 7 nitrogen and oxygen atoms in total. The molecule has 1 aromatic carbocycles. The fourth-order valence-corrected chi connectivity index (χ4v) is 3.62. The number of amides is 1. The molecule has 2 atom stereocenters. The summed E-state index contributed by atoms with van der Waals surface area (Å²) in [5.41, 5.74) is 6.27. The molecule has 0 bridgehead atoms. The molecule has 1 aromatic rings. The van der Waals surface area contributed by atoms with E-state index in [9.17, 15) is 18.0 Å². The highest BCUT2D eigenvalue weighted by Gasteiger charge is 2.30. The number of hydrogen-bond donors (Lipinski definition) is 2. The van der Waals surface area contributed by atoms with Crippen LogP contribution in [0.4, 0.5) is 0 Å². The van der Waals surface area contributed by atoms with Crippen molar-refractivity contribution in [2.45, 2.75) is 17.8 Å². The van der Waals surface area contributed by atoms with E-state index in [1.807, 2.05) is 0 Å². The molecule has 0 saturated carbocycles. The van der Waals surface area contributed by atoms with E-state index in [0.29, 0.717) is 5.56 Å². The van der Waals surface area contributed by atoms with Crippen molar-refractivity contribution in [2.24, 2.45) is 5.73 Å². The van der Waals surface area contributed by atoms with Gasteiger partial charge in [-0.15, -0.1) is 0 Å². The molecule has 1 heterocycles. The van der Waals surface area contributed by atoms with Gasteiger partial charge in [0.05, 0.1) is 24.2 Å². The van der Waals surface area contributed by atoms with Crippen LogP contribution in [-0.4, -0.2) is 51.2 Å². The number of rotatable bonds is 6. The second-order valence-corrected chi connectivity index (χ2v) is 7.30. The van der Waals surface area contributed by atoms with E-state index >= 15 is 0 Å². The summed E-state index contributed by atoms with van der Waals surface area (Å²) in [6, 6.07) is 6.69. The highest BCUT2D eigenvalue weighted by Crippen LogP contribution is 2.07. The first kappa shape index (κ1) is 16.6. The lowest BCUT2D eigenvalue weighted by atomic mass is 10.2. The molecule has 1 saturated heterocycles. The minimum atomic E-state index is -3.53. The third-order valence-corrected chi connectivity index (χ3v) is 4.87. The molecular weight excluding hydrogens is 308 g/mol. The Morgan fingerprint density at radius 2 is 2.05 bits per heavy atom. The molecule has 2 unspecified atom stereocenters. The number of ketones is 1. The Bertz CT molecular complexity index is 644. The predicted molar refractivity (Wildman–Crippen MR) is 79.7 cm³/mol. The number of sulfone groups is 1. The summed E-state index contributed by atoms with van der Waals surface area (Å²) in [5, 5.41) is 2.41. The number of nitrogens with two attached hydrogens (primary N) is 1. The highest BCUT2D eigenvalue weighted by molar-refractivity contribution is 7.90. The monoisotopic (exact) mass is 326 g/mol. The molecule has 0 aromatic heterocycles. The lowest BCUT2D eigenvalue weighted by Gasteiger charge is -2.15. The van der Waals surface area contributed by atoms with Crippen LogP contribution in [0, 0.1) is 0 Å². The smallest absolute Gasteiger partial charge is 0.238 e. The van der Waals surface area contributed by atoms with Gasteiger partial charge in [0.1, 0.15) is 12.6 Å². The third kappa shape index (κ3) is 4.62. The van der Waals surface area contributed by atoms with E-state index in [1.165, 1.54) is 0 Å². The van der Waals surface area contributed by atoms with Crippen molar-refractivity contribution < 1.29 is 22.7 Å². The summed E-state index contributed by atoms with van der Waals surface area (Å²) in [6.07, 6.45) is 0. The average molecular weight is 326 g/mol. The van der Waals surface area contributed by atoms with E-state index in [0.717, 1.165) is 0 Å². The van der Waals surface area contributed by atoms with Crippen molar-refractivity contribution in [3.63, 3.8) is 0 Å². The molecule has 0 radical (unpaired) electrons. The Balaban J connectivity index is 1.91. The quantitative estimate of drug-likeness (QED) is 0.694. The minimum Gasteiger partial charge on any atom is -0.371 e. The van der Waals surface area contributed by atoms with Gasteiger partial charge < -0.3 is 15.8 Å². The lowest BCUT2D eigenvalue weighted by Crippen LogP contribution is -2.50. The first-order valence-corrected chi connectivity index (χ1v) is 8.60. The van der Waals surface area contributed by atoms with Gasteiger partial charge in [-0.25, -0.2) is 8.42 Å². The fourth-order valence-electron chi connectivity index (χ4n) is 2.11. The number of Topliss-reactive ketones (excluding diaryl/α,β-unsaturated/α-hetero) is 1. The molecule has 1 aliphatic heterocycles. The van der Waals surface area contributed by atoms with Gasteiger partial charge >= 0.3 is 0 Å². The Hall–Kier alpha value is -1.77. The van der Waals surface area contributed by atoms with Gasteiger partial charge in [0.25, 0.3) is 0 Å². The van der Waals surface area contributed by atoms with E-state index in [-0.39, 0.29) is 24.7 Å². The van der Waals surface area contributed by atoms with Crippen molar-refractivity contribution in [3.8, 4) is 0 Å². The molecule has 0 aliphatic carbocycles. The van der Waals surface area contributed by atoms with Gasteiger partial charge in [0, 0.05) is 0 Å². The zero-order chi connectivity index (χ0) is 16.2. The Labute approximate surface area is 128 Å². The van der Waals surface area contributed by atoms with Crippen LogP contribution in [0.25, 0.3) is 0 Å². The molecule has 1 aliphatic rings. The zero-order valence-electron chi connectivity index (χ0n) is 11.9. The number of carbonyl (C=O) groups is 2. The van der Waals surface area contributed by atoms with Gasteiger partial charge in [-0.3, -0.25) is 9.59 Å². The standard InChI is InChI=1S/C14H18N2O5S/c15-11(14(18)16-12-6-21-7-13(12)17)9-22(19,20)8-10-4-2-1-3-5-10/h1-5,11-12H,6-9,15H2,(H,16,18). The van der Waals surface area contributed by atoms with Gasteiger partial charge in [0.2, 0.25) is 5.91 Å². The van der Waals surface area contributed by atoms with Gasteiger partial charge in [0.15, 0.2) is 15.6 Å². The molecule has 8 heteroatoms. The fraction of sp³-hybridized carbons (Fsp3) is 0.429. The van der Waals surface area contributed by atoms with Crippen LogP contribution in [0.3, 0.4) is 0 Å². The number of ether oxygens (including phenoxy) is 1. The predicted octanol–water partition coefficient (Wildman–Crippen LogP) is -0.987. The molecule has 1 amide bonds. The summed E-state index contributed by atoms with van der Waals surface area (Å²) in [4.78, 5) is 23.2. The number of benzene rings is 1. The molecule has 22 heavy (non-hydrogen) atoms. The number of nitrogens with one attached hydrogen (secondary N) is 1. The summed E-state index contributed by atoms with van der Waals surface area (Å²) in [6.45, 7) is 0.0422. The SMILES string of the molecule is NC(CS(=O)(=O)Cc1ccccc1)C(=O)NC1COCC1=O. The normalized spacial score (nSPS) is 19.9. The third-order valence-electron chi connectivity index (χ3n) is 3.23. The molecule has 120 valence electrons. The molecular formula is C14H18N2O5S. The first-order chi connectivity index (χ1) is 10.4. The Kier molecular flexibility index (Phi) is 5.28. The zero-order valence-corrected chi connectivity index (χ0v) is 12.7. The molecule has 2 rings (SSSR count). The molecule has 3 N–H and O–H groups in total. The van der Waals surface area contributed by atoms with Crippen LogP contribution < -0.4 is 11.1 Å². The van der Waals surface area contributed by atoms with Crippen molar-refractivity contribution >= 4 is 21.5 Å². The molecule has 1 fully saturated rings. The second-order valence-electron chi connectivity index (χ2n) is 5.19. The largest absolute Gasteiger partial charge is 0.371 e. The lowest BCUT2D eigenvalue weighted by molar-refractivity contribution is -0.126. The van der Waals surface area contributed by atoms with Gasteiger partial charge in [-0.1, -0.05) is 30.3 Å². The van der Waals surface area contributed by atoms with Crippen molar-refractivity contribution in [1.29, 1.82) is 0 Å². The van der Waals surface area contributed by atoms with Crippen molar-refractivity contribution in [3.05, 3.63) is 35.9 Å². The van der Waals surface area contributed by atoms with Crippen LogP contribution >= 0.6 is 0 Å². The summed E-state index contributed by atoms with van der Waals surface area (Å²) in [7, 11) is -3.53. The van der Waals surface area contributed by atoms with Gasteiger partial charge in [-0.2, -0.15) is 0 Å². The average Bonchev–Trinajstić information content (AvgIpc) is 2.84. The number of carbonyl (C=O) groups excluding carboxylic acids is 2. The van der Waals surface area contributed by atoms with E-state index in [4.69, 9.17) is 10.5 Å². The van der Waals surface area contributed by atoms with Crippen LogP contribution in [-0.2, 0) is 29.9 Å². The number of hydrogen-bond acceptors (Lipinski definition) is 6.